The average Bonchev–Trinajstić information content (AvgIpc) is 3.09. The largest absolute Gasteiger partial charge is 0.493 e. The summed E-state index contributed by atoms with van der Waals surface area (Å²) in [7, 11) is 1.61. The number of nitrogens with one attached hydrogen (secondary N) is 1. The molecule has 0 amide bonds. The zero-order valence-corrected chi connectivity index (χ0v) is 12.5. The summed E-state index contributed by atoms with van der Waals surface area (Å²) >= 11 is 0. The molecule has 3 aromatic rings. The Balaban J connectivity index is 1.80. The van der Waals surface area contributed by atoms with E-state index >= 15 is 0 Å². The fraction of sp³-hybridized carbons (Fsp3) is 0.118. The fourth-order valence-electron chi connectivity index (χ4n) is 2.22. The molecule has 1 heterocycles. The minimum absolute atomic E-state index is 0.271. The van der Waals surface area contributed by atoms with Crippen LogP contribution in [0.1, 0.15) is 11.3 Å². The third-order valence-corrected chi connectivity index (χ3v) is 3.32. The molecule has 0 bridgehead atoms. The van der Waals surface area contributed by atoms with Gasteiger partial charge in [0.2, 0.25) is 0 Å². The topological polar surface area (TPSA) is 83.8 Å². The van der Waals surface area contributed by atoms with Crippen LogP contribution >= 0.6 is 0 Å². The summed E-state index contributed by atoms with van der Waals surface area (Å²) < 4.78 is 11.1. The van der Waals surface area contributed by atoms with Crippen molar-refractivity contribution in [2.75, 3.05) is 7.11 Å². The number of rotatable bonds is 5. The Morgan fingerprint density at radius 3 is 2.70 bits per heavy atom. The Labute approximate surface area is 133 Å². The highest BCUT2D eigenvalue weighted by atomic mass is 16.5. The van der Waals surface area contributed by atoms with Gasteiger partial charge in [-0.3, -0.25) is 0 Å². The highest BCUT2D eigenvalue weighted by Gasteiger charge is 2.10. The molecule has 1 aromatic heterocycles. The number of aromatic amines is 1. The van der Waals surface area contributed by atoms with Gasteiger partial charge in [0, 0.05) is 5.56 Å². The van der Waals surface area contributed by atoms with Crippen molar-refractivity contribution < 1.29 is 9.47 Å². The minimum atomic E-state index is 0.271. The lowest BCUT2D eigenvalue weighted by molar-refractivity contribution is 0.284. The summed E-state index contributed by atoms with van der Waals surface area (Å²) in [6.45, 7) is 0.383. The molecule has 0 aliphatic carbocycles. The molecule has 0 radical (unpaired) electrons. The molecule has 0 saturated carbocycles. The molecule has 2 aromatic carbocycles. The Hall–Kier alpha value is -3.33. The third kappa shape index (κ3) is 3.14. The van der Waals surface area contributed by atoms with Gasteiger partial charge in [-0.2, -0.15) is 15.6 Å². The zero-order chi connectivity index (χ0) is 16.1. The first-order valence-corrected chi connectivity index (χ1v) is 6.98. The first kappa shape index (κ1) is 14.6. The number of para-hydroxylation sites is 2. The van der Waals surface area contributed by atoms with E-state index in [1.165, 1.54) is 0 Å². The lowest BCUT2D eigenvalue weighted by Gasteiger charge is -2.10. The van der Waals surface area contributed by atoms with Crippen LogP contribution in [0, 0.1) is 11.3 Å². The van der Waals surface area contributed by atoms with Crippen molar-refractivity contribution in [3.63, 3.8) is 0 Å². The number of aromatic nitrogens is 3. The van der Waals surface area contributed by atoms with Crippen molar-refractivity contribution in [2.45, 2.75) is 6.61 Å². The second-order valence-electron chi connectivity index (χ2n) is 4.77. The molecule has 6 nitrogen and oxygen atoms in total. The van der Waals surface area contributed by atoms with Crippen molar-refractivity contribution in [2.24, 2.45) is 0 Å². The van der Waals surface area contributed by atoms with E-state index in [9.17, 15) is 0 Å². The molecule has 0 atom stereocenters. The SMILES string of the molecule is COc1ccccc1OCc1cccc(-c2n[nH]nc2C#N)c1. The van der Waals surface area contributed by atoms with Crippen molar-refractivity contribution in [1.82, 2.24) is 15.4 Å². The monoisotopic (exact) mass is 306 g/mol. The number of methoxy groups -OCH3 is 1. The second-order valence-corrected chi connectivity index (χ2v) is 4.77. The second kappa shape index (κ2) is 6.62. The number of nitriles is 1. The van der Waals surface area contributed by atoms with Gasteiger partial charge in [0.1, 0.15) is 18.4 Å². The van der Waals surface area contributed by atoms with E-state index in [4.69, 9.17) is 14.7 Å². The zero-order valence-electron chi connectivity index (χ0n) is 12.5. The standard InChI is InChI=1S/C17H14N4O2/c1-22-15-7-2-3-8-16(15)23-11-12-5-4-6-13(9-12)17-14(10-18)19-21-20-17/h2-9H,11H2,1H3,(H,19,20,21). The maximum Gasteiger partial charge on any atom is 0.190 e. The Morgan fingerprint density at radius 2 is 1.91 bits per heavy atom. The number of ether oxygens (including phenoxy) is 2. The molecule has 0 aliphatic rings. The normalized spacial score (nSPS) is 10.1. The van der Waals surface area contributed by atoms with Crippen molar-refractivity contribution in [3.8, 4) is 28.8 Å². The van der Waals surface area contributed by atoms with Gasteiger partial charge >= 0.3 is 0 Å². The Morgan fingerprint density at radius 1 is 1.09 bits per heavy atom. The maximum atomic E-state index is 9.04. The summed E-state index contributed by atoms with van der Waals surface area (Å²) in [4.78, 5) is 0. The van der Waals surface area contributed by atoms with E-state index < -0.39 is 0 Å². The number of benzene rings is 2. The van der Waals surface area contributed by atoms with E-state index in [0.29, 0.717) is 23.8 Å². The van der Waals surface area contributed by atoms with Crippen molar-refractivity contribution in [3.05, 3.63) is 59.8 Å². The summed E-state index contributed by atoms with van der Waals surface area (Å²) in [6, 6.07) is 17.1. The number of hydrogen-bond acceptors (Lipinski definition) is 5. The van der Waals surface area contributed by atoms with Gasteiger partial charge < -0.3 is 9.47 Å². The summed E-state index contributed by atoms with van der Waals surface area (Å²) in [6.07, 6.45) is 0. The van der Waals surface area contributed by atoms with E-state index in [1.54, 1.807) is 7.11 Å². The molecule has 0 fully saturated rings. The summed E-state index contributed by atoms with van der Waals surface area (Å²) in [5.41, 5.74) is 2.58. The Kier molecular flexibility index (Phi) is 4.20. The van der Waals surface area contributed by atoms with Gasteiger partial charge in [-0.1, -0.05) is 30.3 Å². The van der Waals surface area contributed by atoms with Crippen LogP contribution < -0.4 is 9.47 Å². The van der Waals surface area contributed by atoms with Crippen LogP contribution in [-0.2, 0) is 6.61 Å². The molecule has 1 N–H and O–H groups in total. The van der Waals surface area contributed by atoms with Gasteiger partial charge in [0.25, 0.3) is 0 Å². The minimum Gasteiger partial charge on any atom is -0.493 e. The molecular weight excluding hydrogens is 292 g/mol. The first-order chi connectivity index (χ1) is 11.3. The van der Waals surface area contributed by atoms with Crippen LogP contribution in [0.25, 0.3) is 11.3 Å². The number of nitrogens with zero attached hydrogens (tertiary/aromatic N) is 3. The smallest absolute Gasteiger partial charge is 0.190 e. The van der Waals surface area contributed by atoms with Crippen LogP contribution in [0.5, 0.6) is 11.5 Å². The van der Waals surface area contributed by atoms with Crippen LogP contribution in [0.15, 0.2) is 48.5 Å². The first-order valence-electron chi connectivity index (χ1n) is 6.98. The molecule has 23 heavy (non-hydrogen) atoms. The van der Waals surface area contributed by atoms with Gasteiger partial charge in [-0.15, -0.1) is 5.10 Å². The van der Waals surface area contributed by atoms with Crippen LogP contribution in [0.4, 0.5) is 0 Å². The van der Waals surface area contributed by atoms with Gasteiger partial charge in [-0.25, -0.2) is 0 Å². The Bertz CT molecular complexity index is 852. The number of H-pyrrole nitrogens is 1. The van der Waals surface area contributed by atoms with Gasteiger partial charge in [0.15, 0.2) is 17.2 Å². The molecule has 114 valence electrons. The number of hydrogen-bond donors (Lipinski definition) is 1. The van der Waals surface area contributed by atoms with Crippen LogP contribution in [0.3, 0.4) is 0 Å². The fourth-order valence-corrected chi connectivity index (χ4v) is 2.22. The molecule has 6 heteroatoms. The molecule has 0 aliphatic heterocycles. The molecule has 0 spiro atoms. The van der Waals surface area contributed by atoms with Crippen LogP contribution in [-0.4, -0.2) is 22.5 Å². The predicted molar refractivity (Wildman–Crippen MR) is 83.9 cm³/mol. The van der Waals surface area contributed by atoms with Crippen molar-refractivity contribution >= 4 is 0 Å². The van der Waals surface area contributed by atoms with E-state index in [0.717, 1.165) is 11.1 Å². The maximum absolute atomic E-state index is 9.04. The average molecular weight is 306 g/mol. The van der Waals surface area contributed by atoms with Crippen molar-refractivity contribution in [1.29, 1.82) is 5.26 Å². The van der Waals surface area contributed by atoms with E-state index in [-0.39, 0.29) is 5.69 Å². The summed E-state index contributed by atoms with van der Waals surface area (Å²) in [5.74, 6) is 1.37. The van der Waals surface area contributed by atoms with Gasteiger partial charge in [0.05, 0.1) is 7.11 Å². The lowest BCUT2D eigenvalue weighted by Crippen LogP contribution is -1.98. The molecule has 3 rings (SSSR count). The quantitative estimate of drug-likeness (QED) is 0.783. The predicted octanol–water partition coefficient (Wildman–Crippen LogP) is 2.93. The lowest BCUT2D eigenvalue weighted by atomic mass is 10.1. The molecule has 0 unspecified atom stereocenters. The van der Waals surface area contributed by atoms with Crippen LogP contribution in [0.2, 0.25) is 0 Å². The van der Waals surface area contributed by atoms with E-state index in [1.807, 2.05) is 54.6 Å². The van der Waals surface area contributed by atoms with Gasteiger partial charge in [-0.05, 0) is 23.8 Å². The molecular formula is C17H14N4O2. The highest BCUT2D eigenvalue weighted by molar-refractivity contribution is 5.64. The third-order valence-electron chi connectivity index (χ3n) is 3.32. The highest BCUT2D eigenvalue weighted by Crippen LogP contribution is 2.27. The summed E-state index contributed by atoms with van der Waals surface area (Å²) in [5, 5.41) is 19.3. The van der Waals surface area contributed by atoms with E-state index in [2.05, 4.69) is 15.4 Å². The molecule has 0 saturated heterocycles.